The predicted octanol–water partition coefficient (Wildman–Crippen LogP) is 3.93. The molecule has 0 aromatic heterocycles. The third-order valence-electron chi connectivity index (χ3n) is 3.57. The first-order valence-corrected chi connectivity index (χ1v) is 9.17. The average molecular weight is 368 g/mol. The fourth-order valence-corrected chi connectivity index (χ4v) is 2.99. The van der Waals surface area contributed by atoms with Crippen molar-refractivity contribution in [3.63, 3.8) is 0 Å². The number of carbonyl (C=O) groups is 1. The van der Waals surface area contributed by atoms with Crippen LogP contribution in [-0.4, -0.2) is 14.2 Å². The lowest BCUT2D eigenvalue weighted by Gasteiger charge is -2.08. The van der Waals surface area contributed by atoms with Crippen molar-refractivity contribution < 1.29 is 21.6 Å². The fraction of sp³-hybridized carbons (Fsp3) is 0.0500. The molecule has 0 amide bonds. The summed E-state index contributed by atoms with van der Waals surface area (Å²) >= 11 is 0. The molecule has 132 valence electrons. The molecule has 0 aliphatic rings. The van der Waals surface area contributed by atoms with Gasteiger partial charge in [0, 0.05) is 11.1 Å². The van der Waals surface area contributed by atoms with Gasteiger partial charge in [-0.1, -0.05) is 48.0 Å². The number of benzene rings is 3. The molecule has 0 heterocycles. The van der Waals surface area contributed by atoms with Crippen molar-refractivity contribution >= 4 is 16.2 Å². The zero-order valence-corrected chi connectivity index (χ0v) is 14.8. The zero-order valence-electron chi connectivity index (χ0n) is 14.0. The van der Waals surface area contributed by atoms with Gasteiger partial charge in [-0.3, -0.25) is 4.79 Å². The monoisotopic (exact) mass is 368 g/mol. The van der Waals surface area contributed by atoms with Crippen LogP contribution >= 0.6 is 0 Å². The quantitative estimate of drug-likeness (QED) is 0.617. The molecule has 26 heavy (non-hydrogen) atoms. The predicted molar refractivity (Wildman–Crippen MR) is 97.7 cm³/mol. The van der Waals surface area contributed by atoms with Crippen LogP contribution in [0.2, 0.25) is 0 Å². The van der Waals surface area contributed by atoms with E-state index in [4.69, 9.17) is 8.37 Å². The Kier molecular flexibility index (Phi) is 5.04. The SMILES string of the molecule is Cc1ccc(OS(=O)(=O)Oc2ccc(C(=O)c3ccccc3)cc2)cc1. The van der Waals surface area contributed by atoms with Crippen molar-refractivity contribution in [2.24, 2.45) is 0 Å². The van der Waals surface area contributed by atoms with Gasteiger partial charge >= 0.3 is 10.4 Å². The molecule has 0 aliphatic carbocycles. The molecule has 0 N–H and O–H groups in total. The summed E-state index contributed by atoms with van der Waals surface area (Å²) in [5.41, 5.74) is 1.96. The maximum atomic E-state index is 12.3. The van der Waals surface area contributed by atoms with E-state index in [0.29, 0.717) is 11.1 Å². The summed E-state index contributed by atoms with van der Waals surface area (Å²) in [7, 11) is -4.27. The van der Waals surface area contributed by atoms with Gasteiger partial charge in [-0.25, -0.2) is 0 Å². The van der Waals surface area contributed by atoms with Crippen LogP contribution in [0.4, 0.5) is 0 Å². The second-order valence-electron chi connectivity index (χ2n) is 5.61. The Morgan fingerprint density at radius 2 is 1.15 bits per heavy atom. The van der Waals surface area contributed by atoms with Crippen LogP contribution in [0.25, 0.3) is 0 Å². The van der Waals surface area contributed by atoms with Gasteiger partial charge in [0.25, 0.3) is 0 Å². The Morgan fingerprint density at radius 1 is 0.692 bits per heavy atom. The number of aryl methyl sites for hydroxylation is 1. The molecule has 3 aromatic rings. The Labute approximate surface area is 152 Å². The number of rotatable bonds is 6. The van der Waals surface area contributed by atoms with Crippen LogP contribution in [0.15, 0.2) is 78.9 Å². The minimum absolute atomic E-state index is 0.0572. The molecule has 0 saturated heterocycles. The van der Waals surface area contributed by atoms with Gasteiger partial charge in [-0.05, 0) is 43.3 Å². The summed E-state index contributed by atoms with van der Waals surface area (Å²) in [4.78, 5) is 12.3. The number of ketones is 1. The lowest BCUT2D eigenvalue weighted by atomic mass is 10.0. The van der Waals surface area contributed by atoms with Crippen molar-refractivity contribution in [3.05, 3.63) is 95.6 Å². The molecule has 0 spiro atoms. The van der Waals surface area contributed by atoms with E-state index in [1.807, 2.05) is 13.0 Å². The Hall–Kier alpha value is -3.12. The normalized spacial score (nSPS) is 11.0. The highest BCUT2D eigenvalue weighted by Gasteiger charge is 2.16. The number of carbonyl (C=O) groups excluding carboxylic acids is 1. The molecular formula is C20H16O5S. The summed E-state index contributed by atoms with van der Waals surface area (Å²) in [6.45, 7) is 1.88. The van der Waals surface area contributed by atoms with Crippen LogP contribution in [0.1, 0.15) is 21.5 Å². The molecule has 0 radical (unpaired) electrons. The Bertz CT molecular complexity index is 992. The third kappa shape index (κ3) is 4.49. The Morgan fingerprint density at radius 3 is 1.69 bits per heavy atom. The highest BCUT2D eigenvalue weighted by Crippen LogP contribution is 2.19. The van der Waals surface area contributed by atoms with E-state index in [9.17, 15) is 13.2 Å². The lowest BCUT2D eigenvalue weighted by molar-refractivity contribution is 0.103. The van der Waals surface area contributed by atoms with Crippen LogP contribution < -0.4 is 8.37 Å². The van der Waals surface area contributed by atoms with Crippen LogP contribution in [0, 0.1) is 6.92 Å². The van der Waals surface area contributed by atoms with Crippen LogP contribution in [-0.2, 0) is 10.4 Å². The molecule has 0 bridgehead atoms. The summed E-state index contributed by atoms with van der Waals surface area (Å²) in [6, 6.07) is 21.2. The second kappa shape index (κ2) is 7.41. The van der Waals surface area contributed by atoms with Gasteiger partial charge in [-0.15, -0.1) is 8.42 Å². The van der Waals surface area contributed by atoms with E-state index in [2.05, 4.69) is 0 Å². The molecule has 0 aliphatic heterocycles. The highest BCUT2D eigenvalue weighted by atomic mass is 32.3. The van der Waals surface area contributed by atoms with Gasteiger partial charge in [-0.2, -0.15) is 0 Å². The maximum absolute atomic E-state index is 12.3. The molecule has 3 rings (SSSR count). The van der Waals surface area contributed by atoms with Crippen LogP contribution in [0.3, 0.4) is 0 Å². The van der Waals surface area contributed by atoms with E-state index < -0.39 is 10.4 Å². The van der Waals surface area contributed by atoms with E-state index >= 15 is 0 Å². The molecule has 5 nitrogen and oxygen atoms in total. The number of hydrogen-bond acceptors (Lipinski definition) is 5. The maximum Gasteiger partial charge on any atom is 0.500 e. The summed E-state index contributed by atoms with van der Waals surface area (Å²) in [6.07, 6.45) is 0. The standard InChI is InChI=1S/C20H16O5S/c1-15-7-11-18(12-8-15)24-26(22,23)25-19-13-9-17(10-14-19)20(21)16-5-3-2-4-6-16/h2-14H,1H3. The summed E-state index contributed by atoms with van der Waals surface area (Å²) in [5.74, 6) is 0.0594. The molecular weight excluding hydrogens is 352 g/mol. The number of hydrogen-bond donors (Lipinski definition) is 0. The second-order valence-corrected chi connectivity index (χ2v) is 6.76. The van der Waals surface area contributed by atoms with E-state index in [1.165, 1.54) is 36.4 Å². The Balaban J connectivity index is 1.70. The van der Waals surface area contributed by atoms with Crippen molar-refractivity contribution in [2.45, 2.75) is 6.92 Å². The first kappa shape index (κ1) is 17.7. The summed E-state index contributed by atoms with van der Waals surface area (Å²) in [5, 5.41) is 0. The van der Waals surface area contributed by atoms with Crippen molar-refractivity contribution in [1.82, 2.24) is 0 Å². The van der Waals surface area contributed by atoms with Crippen molar-refractivity contribution in [2.75, 3.05) is 0 Å². The fourth-order valence-electron chi connectivity index (χ4n) is 2.26. The van der Waals surface area contributed by atoms with Gasteiger partial charge in [0.15, 0.2) is 5.78 Å². The molecule has 6 heteroatoms. The van der Waals surface area contributed by atoms with Gasteiger partial charge in [0.05, 0.1) is 0 Å². The zero-order chi connectivity index (χ0) is 18.6. The van der Waals surface area contributed by atoms with Gasteiger partial charge in [0.1, 0.15) is 11.5 Å². The van der Waals surface area contributed by atoms with E-state index in [0.717, 1.165) is 5.56 Å². The van der Waals surface area contributed by atoms with E-state index in [1.54, 1.807) is 36.4 Å². The molecule has 0 saturated carbocycles. The smallest absolute Gasteiger partial charge is 0.353 e. The van der Waals surface area contributed by atoms with Crippen molar-refractivity contribution in [1.29, 1.82) is 0 Å². The van der Waals surface area contributed by atoms with E-state index in [-0.39, 0.29) is 17.3 Å². The first-order chi connectivity index (χ1) is 12.4. The lowest BCUT2D eigenvalue weighted by Crippen LogP contribution is -2.16. The van der Waals surface area contributed by atoms with Gasteiger partial charge in [0.2, 0.25) is 0 Å². The van der Waals surface area contributed by atoms with Gasteiger partial charge < -0.3 is 8.37 Å². The molecule has 0 unspecified atom stereocenters. The third-order valence-corrected chi connectivity index (χ3v) is 4.36. The highest BCUT2D eigenvalue weighted by molar-refractivity contribution is 7.82. The van der Waals surface area contributed by atoms with Crippen LogP contribution in [0.5, 0.6) is 11.5 Å². The minimum Gasteiger partial charge on any atom is -0.353 e. The topological polar surface area (TPSA) is 69.7 Å². The minimum atomic E-state index is -4.27. The summed E-state index contributed by atoms with van der Waals surface area (Å²) < 4.78 is 33.8. The molecule has 0 atom stereocenters. The first-order valence-electron chi connectivity index (χ1n) is 7.83. The van der Waals surface area contributed by atoms with Crippen molar-refractivity contribution in [3.8, 4) is 11.5 Å². The molecule has 0 fully saturated rings. The largest absolute Gasteiger partial charge is 0.500 e. The average Bonchev–Trinajstić information content (AvgIpc) is 2.64. The molecule has 3 aromatic carbocycles.